The molecule has 0 saturated heterocycles. The van der Waals surface area contributed by atoms with Gasteiger partial charge in [0.05, 0.1) is 6.04 Å². The van der Waals surface area contributed by atoms with Crippen LogP contribution in [0.15, 0.2) is 24.3 Å². The van der Waals surface area contributed by atoms with Crippen LogP contribution in [0.1, 0.15) is 32.3 Å². The van der Waals surface area contributed by atoms with Crippen LogP contribution in [0, 0.1) is 6.92 Å². The summed E-state index contributed by atoms with van der Waals surface area (Å²) in [6, 6.07) is 7.59. The van der Waals surface area contributed by atoms with Gasteiger partial charge in [-0.25, -0.2) is 0 Å². The molecule has 20 heavy (non-hydrogen) atoms. The van der Waals surface area contributed by atoms with Gasteiger partial charge >= 0.3 is 0 Å². The lowest BCUT2D eigenvalue weighted by atomic mass is 10.2. The molecule has 4 heteroatoms. The van der Waals surface area contributed by atoms with Crippen LogP contribution in [0.25, 0.3) is 0 Å². The van der Waals surface area contributed by atoms with Gasteiger partial charge in [-0.3, -0.25) is 4.79 Å². The molecule has 112 valence electrons. The molecule has 0 aliphatic carbocycles. The molecular weight excluding hydrogens is 252 g/mol. The van der Waals surface area contributed by atoms with E-state index in [0.29, 0.717) is 0 Å². The molecule has 0 heterocycles. The van der Waals surface area contributed by atoms with E-state index >= 15 is 0 Å². The summed E-state index contributed by atoms with van der Waals surface area (Å²) in [5.41, 5.74) is 2.02. The van der Waals surface area contributed by atoms with E-state index in [4.69, 9.17) is 4.74 Å². The Morgan fingerprint density at radius 1 is 1.25 bits per heavy atom. The summed E-state index contributed by atoms with van der Waals surface area (Å²) in [4.78, 5) is 12.0. The summed E-state index contributed by atoms with van der Waals surface area (Å²) >= 11 is 0. The third-order valence-corrected chi connectivity index (χ3v) is 2.98. The molecule has 0 bridgehead atoms. The number of ether oxygens (including phenoxy) is 1. The van der Waals surface area contributed by atoms with E-state index in [-0.39, 0.29) is 11.9 Å². The summed E-state index contributed by atoms with van der Waals surface area (Å²) in [6.45, 7) is 8.32. The zero-order chi connectivity index (χ0) is 14.8. The molecule has 0 spiro atoms. The van der Waals surface area contributed by atoms with Crippen molar-refractivity contribution in [2.45, 2.75) is 39.7 Å². The van der Waals surface area contributed by atoms with Gasteiger partial charge in [0.1, 0.15) is 0 Å². The molecule has 1 atom stereocenters. The molecule has 0 radical (unpaired) electrons. The molecule has 4 nitrogen and oxygen atoms in total. The number of nitrogens with one attached hydrogen (secondary N) is 2. The summed E-state index contributed by atoms with van der Waals surface area (Å²) < 4.78 is 5.39. The van der Waals surface area contributed by atoms with E-state index < -0.39 is 0 Å². The largest absolute Gasteiger partial charge is 0.381 e. The number of rotatable bonds is 9. The lowest BCUT2D eigenvalue weighted by Crippen LogP contribution is -2.38. The van der Waals surface area contributed by atoms with Gasteiger partial charge in [0.25, 0.3) is 0 Å². The van der Waals surface area contributed by atoms with Gasteiger partial charge in [0, 0.05) is 18.9 Å². The van der Waals surface area contributed by atoms with Gasteiger partial charge in [0.2, 0.25) is 5.91 Å². The lowest BCUT2D eigenvalue weighted by molar-refractivity contribution is -0.117. The van der Waals surface area contributed by atoms with Crippen LogP contribution in [0.4, 0.5) is 5.69 Å². The van der Waals surface area contributed by atoms with Crippen LogP contribution in [0.5, 0.6) is 0 Å². The smallest absolute Gasteiger partial charge is 0.241 e. The molecular formula is C16H26N2O2. The number of amides is 1. The normalized spacial score (nSPS) is 12.2. The minimum atomic E-state index is -0.206. The van der Waals surface area contributed by atoms with Gasteiger partial charge < -0.3 is 15.4 Å². The highest BCUT2D eigenvalue weighted by Gasteiger charge is 2.11. The van der Waals surface area contributed by atoms with Crippen molar-refractivity contribution in [3.63, 3.8) is 0 Å². The zero-order valence-electron chi connectivity index (χ0n) is 12.7. The minimum absolute atomic E-state index is 0.0108. The van der Waals surface area contributed by atoms with E-state index in [1.807, 2.05) is 38.1 Å². The van der Waals surface area contributed by atoms with Crippen LogP contribution >= 0.6 is 0 Å². The van der Waals surface area contributed by atoms with Crippen molar-refractivity contribution in [2.75, 3.05) is 25.1 Å². The topological polar surface area (TPSA) is 50.4 Å². The minimum Gasteiger partial charge on any atom is -0.381 e. The Kier molecular flexibility index (Phi) is 7.92. The Labute approximate surface area is 121 Å². The summed E-state index contributed by atoms with van der Waals surface area (Å²) in [6.07, 6.45) is 1.96. The van der Waals surface area contributed by atoms with Crippen LogP contribution < -0.4 is 10.6 Å². The number of anilines is 1. The summed E-state index contributed by atoms with van der Waals surface area (Å²) in [7, 11) is 0. The Morgan fingerprint density at radius 3 is 2.60 bits per heavy atom. The molecule has 0 saturated carbocycles. The van der Waals surface area contributed by atoms with E-state index in [0.717, 1.165) is 38.3 Å². The quantitative estimate of drug-likeness (QED) is 0.683. The van der Waals surface area contributed by atoms with Crippen LogP contribution in [0.2, 0.25) is 0 Å². The fourth-order valence-electron chi connectivity index (χ4n) is 1.72. The molecule has 2 N–H and O–H groups in total. The van der Waals surface area contributed by atoms with Gasteiger partial charge in [-0.1, -0.05) is 24.6 Å². The second-order valence-corrected chi connectivity index (χ2v) is 5.00. The first-order chi connectivity index (χ1) is 9.63. The van der Waals surface area contributed by atoms with Crippen molar-refractivity contribution in [2.24, 2.45) is 0 Å². The van der Waals surface area contributed by atoms with E-state index in [2.05, 4.69) is 17.6 Å². The Balaban J connectivity index is 2.20. The number of carbonyl (C=O) groups is 1. The molecule has 1 amide bonds. The van der Waals surface area contributed by atoms with Crippen LogP contribution in [-0.4, -0.2) is 31.7 Å². The maximum absolute atomic E-state index is 12.0. The van der Waals surface area contributed by atoms with Crippen molar-refractivity contribution in [1.29, 1.82) is 0 Å². The first kappa shape index (κ1) is 16.7. The van der Waals surface area contributed by atoms with E-state index in [1.54, 1.807) is 0 Å². The first-order valence-electron chi connectivity index (χ1n) is 7.32. The molecule has 1 aromatic carbocycles. The number of hydrogen-bond acceptors (Lipinski definition) is 3. The maximum atomic E-state index is 12.0. The van der Waals surface area contributed by atoms with Gasteiger partial charge in [0.15, 0.2) is 0 Å². The SMILES string of the molecule is CCCOCCCNC(C)C(=O)Nc1ccc(C)cc1. The lowest BCUT2D eigenvalue weighted by Gasteiger charge is -2.14. The number of aryl methyl sites for hydroxylation is 1. The van der Waals surface area contributed by atoms with E-state index in [9.17, 15) is 4.79 Å². The van der Waals surface area contributed by atoms with Crippen LogP contribution in [0.3, 0.4) is 0 Å². The molecule has 1 unspecified atom stereocenters. The highest BCUT2D eigenvalue weighted by atomic mass is 16.5. The van der Waals surface area contributed by atoms with Crippen molar-refractivity contribution in [1.82, 2.24) is 5.32 Å². The number of benzene rings is 1. The Bertz CT molecular complexity index is 390. The second-order valence-electron chi connectivity index (χ2n) is 5.00. The fraction of sp³-hybridized carbons (Fsp3) is 0.562. The molecule has 0 aromatic heterocycles. The average Bonchev–Trinajstić information content (AvgIpc) is 2.45. The van der Waals surface area contributed by atoms with Crippen molar-refractivity contribution in [3.8, 4) is 0 Å². The average molecular weight is 278 g/mol. The standard InChI is InChI=1S/C16H26N2O2/c1-4-11-20-12-5-10-17-14(3)16(19)18-15-8-6-13(2)7-9-15/h6-9,14,17H,4-5,10-12H2,1-3H3,(H,18,19). The summed E-state index contributed by atoms with van der Waals surface area (Å²) in [5.74, 6) is -0.0108. The van der Waals surface area contributed by atoms with Gasteiger partial charge in [-0.15, -0.1) is 0 Å². The van der Waals surface area contributed by atoms with Gasteiger partial charge in [-0.2, -0.15) is 0 Å². The highest BCUT2D eigenvalue weighted by Crippen LogP contribution is 2.08. The predicted molar refractivity (Wildman–Crippen MR) is 83.0 cm³/mol. The van der Waals surface area contributed by atoms with Crippen LogP contribution in [-0.2, 0) is 9.53 Å². The monoisotopic (exact) mass is 278 g/mol. The number of carbonyl (C=O) groups excluding carboxylic acids is 1. The fourth-order valence-corrected chi connectivity index (χ4v) is 1.72. The maximum Gasteiger partial charge on any atom is 0.241 e. The van der Waals surface area contributed by atoms with Crippen molar-refractivity contribution < 1.29 is 9.53 Å². The first-order valence-corrected chi connectivity index (χ1v) is 7.32. The molecule has 0 aliphatic rings. The second kappa shape index (κ2) is 9.50. The Morgan fingerprint density at radius 2 is 1.95 bits per heavy atom. The van der Waals surface area contributed by atoms with Gasteiger partial charge in [-0.05, 0) is 45.4 Å². The molecule has 1 rings (SSSR count). The number of hydrogen-bond donors (Lipinski definition) is 2. The Hall–Kier alpha value is -1.39. The molecule has 0 fully saturated rings. The third kappa shape index (κ3) is 6.68. The predicted octanol–water partition coefficient (Wildman–Crippen LogP) is 2.73. The summed E-state index contributed by atoms with van der Waals surface area (Å²) in [5, 5.41) is 6.10. The molecule has 0 aliphatic heterocycles. The van der Waals surface area contributed by atoms with Crippen molar-refractivity contribution in [3.05, 3.63) is 29.8 Å². The van der Waals surface area contributed by atoms with E-state index in [1.165, 1.54) is 5.56 Å². The van der Waals surface area contributed by atoms with Crippen molar-refractivity contribution >= 4 is 11.6 Å². The molecule has 1 aromatic rings. The highest BCUT2D eigenvalue weighted by molar-refractivity contribution is 5.94. The third-order valence-electron chi connectivity index (χ3n) is 2.98. The zero-order valence-corrected chi connectivity index (χ0v) is 12.7.